The Bertz CT molecular complexity index is 1780. The number of aromatic amines is 1. The molecule has 0 atom stereocenters. The zero-order chi connectivity index (χ0) is 44.8. The lowest BCUT2D eigenvalue weighted by atomic mass is 9.78. The van der Waals surface area contributed by atoms with Gasteiger partial charge in [0.15, 0.2) is 11.6 Å². The molecular weight excluding hydrogens is 749 g/mol. The van der Waals surface area contributed by atoms with Gasteiger partial charge in [0.2, 0.25) is 11.8 Å². The van der Waals surface area contributed by atoms with Gasteiger partial charge in [0.25, 0.3) is 0 Å². The predicted octanol–water partition coefficient (Wildman–Crippen LogP) is 11.2. The lowest BCUT2D eigenvalue weighted by Crippen LogP contribution is -2.44. The van der Waals surface area contributed by atoms with Crippen molar-refractivity contribution in [3.05, 3.63) is 33.7 Å². The van der Waals surface area contributed by atoms with E-state index >= 15 is 0 Å². The highest BCUT2D eigenvalue weighted by atomic mass is 32.2. The maximum Gasteiger partial charge on any atom is 0.311 e. The first-order chi connectivity index (χ1) is 26.7. The molecule has 58 heavy (non-hydrogen) atoms. The van der Waals surface area contributed by atoms with Crippen LogP contribution in [0.4, 0.5) is 5.82 Å². The number of hydrogen-bond acceptors (Lipinski definition) is 8. The Morgan fingerprint density at radius 3 is 1.69 bits per heavy atom. The molecule has 3 N–H and O–H groups in total. The fourth-order valence-corrected chi connectivity index (χ4v) is 8.37. The summed E-state index contributed by atoms with van der Waals surface area (Å²) in [4.78, 5) is 78.2. The highest BCUT2D eigenvalue weighted by Gasteiger charge is 2.42. The van der Waals surface area contributed by atoms with Crippen molar-refractivity contribution in [3.8, 4) is 0 Å². The first-order valence-corrected chi connectivity index (χ1v) is 22.5. The molecule has 0 aromatic carbocycles. The fraction of sp³-hybridized carbons (Fsp3) is 0.702. The molecule has 1 aromatic rings. The molecule has 326 valence electrons. The molecule has 1 aliphatic heterocycles. The number of nitrogens with one attached hydrogen (secondary N) is 3. The standard InChI is InChI=1S/C47H76N4O6S/c1-19-45(17,18)42(56)57-25-26-58-47(23-5,24-6)41(55)51-39-35(37(53)44(14,15)16)33(29(9)10)31(49-39)27-30-32(28(7)8)34(36(52)43(11,12)13)38(48-30)50-40(54)46(20-2,21-3)22-4/h27-29,49H,19-26H2,1-18H3,(H,51,55)(H,48,50,54). The Morgan fingerprint density at radius 2 is 1.26 bits per heavy atom. The molecule has 0 fully saturated rings. The largest absolute Gasteiger partial charge is 0.464 e. The van der Waals surface area contributed by atoms with Gasteiger partial charge in [0, 0.05) is 27.7 Å². The fourth-order valence-electron chi connectivity index (χ4n) is 7.22. The van der Waals surface area contributed by atoms with Crippen LogP contribution in [0.15, 0.2) is 21.8 Å². The zero-order valence-electron chi connectivity index (χ0n) is 39.2. The second kappa shape index (κ2) is 19.7. The number of aromatic nitrogens is 1. The van der Waals surface area contributed by atoms with E-state index in [2.05, 4.69) is 15.6 Å². The molecule has 0 bridgehead atoms. The molecule has 0 saturated carbocycles. The third-order valence-corrected chi connectivity index (χ3v) is 13.7. The van der Waals surface area contributed by atoms with Crippen LogP contribution in [0.2, 0.25) is 0 Å². The molecule has 1 aliphatic rings. The normalized spacial score (nSPS) is 15.0. The third kappa shape index (κ3) is 11.0. The molecule has 2 rings (SSSR count). The van der Waals surface area contributed by atoms with Gasteiger partial charge in [-0.25, -0.2) is 4.99 Å². The van der Waals surface area contributed by atoms with Crippen LogP contribution < -0.4 is 10.6 Å². The highest BCUT2D eigenvalue weighted by Crippen LogP contribution is 2.42. The van der Waals surface area contributed by atoms with Crippen LogP contribution in [0.5, 0.6) is 0 Å². The first kappa shape index (κ1) is 50.7. The summed E-state index contributed by atoms with van der Waals surface area (Å²) in [6.45, 7) is 35.0. The SMILES string of the molecule is CCC(C)(C)C(=O)OCCSC(CC)(CC)C(=O)Nc1[nH]c(C=C2N=C(NC(=O)C(CC)(CC)CC)C(C(=O)C(C)(C)C)=C2C(C)C)c(C(C)C)c1C(=O)C(C)(C)C. The molecule has 10 nitrogen and oxygen atoms in total. The van der Waals surface area contributed by atoms with Crippen molar-refractivity contribution in [2.24, 2.45) is 32.6 Å². The number of H-pyrrole nitrogens is 1. The number of thioether (sulfide) groups is 1. The molecule has 0 radical (unpaired) electrons. The summed E-state index contributed by atoms with van der Waals surface area (Å²) >= 11 is 1.45. The molecule has 1 aromatic heterocycles. The van der Waals surface area contributed by atoms with Gasteiger partial charge >= 0.3 is 5.97 Å². The summed E-state index contributed by atoms with van der Waals surface area (Å²) in [5.74, 6) is -0.261. The van der Waals surface area contributed by atoms with Crippen molar-refractivity contribution in [1.82, 2.24) is 10.3 Å². The second-order valence-corrected chi connectivity index (χ2v) is 20.6. The monoisotopic (exact) mass is 825 g/mol. The van der Waals surface area contributed by atoms with Crippen molar-refractivity contribution in [3.63, 3.8) is 0 Å². The van der Waals surface area contributed by atoms with Gasteiger partial charge in [0.1, 0.15) is 18.3 Å². The Hall–Kier alpha value is -3.47. The number of ketones is 2. The van der Waals surface area contributed by atoms with E-state index in [0.29, 0.717) is 78.2 Å². The molecular formula is C47H76N4O6S. The predicted molar refractivity (Wildman–Crippen MR) is 241 cm³/mol. The van der Waals surface area contributed by atoms with Crippen LogP contribution >= 0.6 is 11.8 Å². The number of amidine groups is 1. The topological polar surface area (TPSA) is 147 Å². The van der Waals surface area contributed by atoms with Gasteiger partial charge in [-0.05, 0) is 81.4 Å². The number of aliphatic imine (C=N–C) groups is 1. The number of hydrogen-bond donors (Lipinski definition) is 3. The van der Waals surface area contributed by atoms with E-state index in [1.807, 2.05) is 131 Å². The van der Waals surface area contributed by atoms with Gasteiger partial charge in [-0.3, -0.25) is 24.0 Å². The van der Waals surface area contributed by atoms with Crippen LogP contribution in [0.1, 0.15) is 191 Å². The van der Waals surface area contributed by atoms with Crippen molar-refractivity contribution in [1.29, 1.82) is 0 Å². The van der Waals surface area contributed by atoms with E-state index in [4.69, 9.17) is 9.73 Å². The zero-order valence-corrected chi connectivity index (χ0v) is 40.0. The van der Waals surface area contributed by atoms with Crippen molar-refractivity contribution in [2.45, 2.75) is 174 Å². The number of nitrogens with zero attached hydrogens (tertiary/aromatic N) is 1. The average Bonchev–Trinajstić information content (AvgIpc) is 3.68. The van der Waals surface area contributed by atoms with Gasteiger partial charge in [-0.15, -0.1) is 11.8 Å². The van der Waals surface area contributed by atoms with Crippen LogP contribution in [0, 0.1) is 27.6 Å². The lowest BCUT2D eigenvalue weighted by molar-refractivity contribution is -0.153. The Kier molecular flexibility index (Phi) is 17.2. The quantitative estimate of drug-likeness (QED) is 0.0715. The van der Waals surface area contributed by atoms with E-state index < -0.39 is 26.4 Å². The van der Waals surface area contributed by atoms with Gasteiger partial charge in [0.05, 0.1) is 27.0 Å². The van der Waals surface area contributed by atoms with Crippen LogP contribution in [0.3, 0.4) is 0 Å². The van der Waals surface area contributed by atoms with Crippen molar-refractivity contribution < 1.29 is 28.7 Å². The number of anilines is 1. The maximum absolute atomic E-state index is 14.5. The Labute approximate surface area is 354 Å². The molecule has 0 unspecified atom stereocenters. The summed E-state index contributed by atoms with van der Waals surface area (Å²) in [6, 6.07) is 0. The summed E-state index contributed by atoms with van der Waals surface area (Å²) in [5, 5.41) is 6.25. The summed E-state index contributed by atoms with van der Waals surface area (Å²) in [7, 11) is 0. The molecule has 2 heterocycles. The minimum Gasteiger partial charge on any atom is -0.464 e. The summed E-state index contributed by atoms with van der Waals surface area (Å²) in [6.07, 6.45) is 5.47. The van der Waals surface area contributed by atoms with Crippen LogP contribution in [-0.4, -0.2) is 57.3 Å². The maximum atomic E-state index is 14.5. The van der Waals surface area contributed by atoms with Crippen LogP contribution in [-0.2, 0) is 23.9 Å². The summed E-state index contributed by atoms with van der Waals surface area (Å²) < 4.78 is 4.74. The number of carbonyl (C=O) groups excluding carboxylic acids is 5. The van der Waals surface area contributed by atoms with E-state index in [1.54, 1.807) is 0 Å². The average molecular weight is 825 g/mol. The smallest absolute Gasteiger partial charge is 0.311 e. The molecule has 0 aliphatic carbocycles. The van der Waals surface area contributed by atoms with Crippen molar-refractivity contribution in [2.75, 3.05) is 17.7 Å². The number of allylic oxidation sites excluding steroid dienone is 1. The molecule has 11 heteroatoms. The van der Waals surface area contributed by atoms with E-state index in [0.717, 1.165) is 5.56 Å². The molecule has 2 amide bonds. The van der Waals surface area contributed by atoms with Crippen molar-refractivity contribution >= 4 is 58.8 Å². The Morgan fingerprint density at radius 1 is 0.724 bits per heavy atom. The second-order valence-electron chi connectivity index (χ2n) is 19.1. The minimum absolute atomic E-state index is 0.127. The third-order valence-electron chi connectivity index (χ3n) is 12.0. The number of rotatable bonds is 19. The number of ether oxygens (including phenoxy) is 1. The lowest BCUT2D eigenvalue weighted by Gasteiger charge is -2.30. The first-order valence-electron chi connectivity index (χ1n) is 21.5. The number of Topliss-reactive ketones (excluding diaryl/α,β-unsaturated/α-hetero) is 2. The number of carbonyl (C=O) groups is 5. The van der Waals surface area contributed by atoms with Gasteiger partial charge < -0.3 is 20.4 Å². The van der Waals surface area contributed by atoms with Gasteiger partial charge in [-0.1, -0.05) is 111 Å². The highest BCUT2D eigenvalue weighted by molar-refractivity contribution is 8.01. The van der Waals surface area contributed by atoms with E-state index in [-0.39, 0.29) is 53.6 Å². The van der Waals surface area contributed by atoms with E-state index in [1.165, 1.54) is 11.8 Å². The van der Waals surface area contributed by atoms with Gasteiger partial charge in [-0.2, -0.15) is 0 Å². The van der Waals surface area contributed by atoms with E-state index in [9.17, 15) is 24.0 Å². The summed E-state index contributed by atoms with van der Waals surface area (Å²) in [5.41, 5.74) is 0.596. The van der Waals surface area contributed by atoms with Crippen LogP contribution in [0.25, 0.3) is 6.08 Å². The molecule has 0 saturated heterocycles. The number of esters is 1. The Balaban J connectivity index is 2.88. The molecule has 0 spiro atoms. The minimum atomic E-state index is -0.861. The number of amides is 2.